The Hall–Kier alpha value is -0.740. The number of methoxy groups -OCH3 is 1. The van der Waals surface area contributed by atoms with Crippen LogP contribution in [-0.4, -0.2) is 32.3 Å². The molecule has 106 valence electrons. The van der Waals surface area contributed by atoms with Gasteiger partial charge in [0.1, 0.15) is 5.75 Å². The van der Waals surface area contributed by atoms with Crippen molar-refractivity contribution in [2.75, 3.05) is 25.1 Å². The van der Waals surface area contributed by atoms with Gasteiger partial charge in [-0.1, -0.05) is 29.3 Å². The molecule has 2 atom stereocenters. The van der Waals surface area contributed by atoms with Crippen LogP contribution < -0.4 is 15.0 Å². The number of piperazine rings is 1. The van der Waals surface area contributed by atoms with E-state index in [0.717, 1.165) is 23.3 Å². The standard InChI is InChI=1S/C15H23BrN2O/c1-4-5-13-10-18(11(2)9-17-13)14-8-12(16)6-7-15(14)19-3/h6-8,11,13,17H,4-5,9-10H2,1-3H3. The zero-order valence-electron chi connectivity index (χ0n) is 11.9. The third-order valence-corrected chi connectivity index (χ3v) is 4.23. The molecule has 1 heterocycles. The molecule has 1 fully saturated rings. The van der Waals surface area contributed by atoms with E-state index in [-0.39, 0.29) is 0 Å². The fourth-order valence-electron chi connectivity index (χ4n) is 2.69. The first-order valence-electron chi connectivity index (χ1n) is 6.99. The zero-order valence-corrected chi connectivity index (χ0v) is 13.5. The number of benzene rings is 1. The fourth-order valence-corrected chi connectivity index (χ4v) is 3.04. The lowest BCUT2D eigenvalue weighted by molar-refractivity contribution is 0.375. The van der Waals surface area contributed by atoms with Gasteiger partial charge in [0.05, 0.1) is 12.8 Å². The van der Waals surface area contributed by atoms with Gasteiger partial charge in [0, 0.05) is 29.6 Å². The summed E-state index contributed by atoms with van der Waals surface area (Å²) >= 11 is 3.56. The highest BCUT2D eigenvalue weighted by molar-refractivity contribution is 9.10. The highest BCUT2D eigenvalue weighted by atomic mass is 79.9. The van der Waals surface area contributed by atoms with Crippen molar-refractivity contribution in [3.63, 3.8) is 0 Å². The van der Waals surface area contributed by atoms with Crippen molar-refractivity contribution in [2.45, 2.75) is 38.8 Å². The lowest BCUT2D eigenvalue weighted by Gasteiger charge is -2.41. The summed E-state index contributed by atoms with van der Waals surface area (Å²) in [6.45, 7) is 6.57. The second-order valence-corrected chi connectivity index (χ2v) is 6.13. The maximum atomic E-state index is 5.51. The minimum Gasteiger partial charge on any atom is -0.495 e. The summed E-state index contributed by atoms with van der Waals surface area (Å²) in [6.07, 6.45) is 2.44. The van der Waals surface area contributed by atoms with E-state index < -0.39 is 0 Å². The summed E-state index contributed by atoms with van der Waals surface area (Å²) in [7, 11) is 1.74. The normalized spacial score (nSPS) is 23.5. The molecular weight excluding hydrogens is 304 g/mol. The Morgan fingerprint density at radius 2 is 2.26 bits per heavy atom. The average Bonchev–Trinajstić information content (AvgIpc) is 2.41. The fraction of sp³-hybridized carbons (Fsp3) is 0.600. The molecule has 0 saturated carbocycles. The number of hydrogen-bond donors (Lipinski definition) is 1. The summed E-state index contributed by atoms with van der Waals surface area (Å²) in [5.41, 5.74) is 1.19. The first-order valence-corrected chi connectivity index (χ1v) is 7.78. The lowest BCUT2D eigenvalue weighted by Crippen LogP contribution is -2.55. The second-order valence-electron chi connectivity index (χ2n) is 5.21. The van der Waals surface area contributed by atoms with Gasteiger partial charge in [-0.2, -0.15) is 0 Å². The minimum absolute atomic E-state index is 0.483. The first-order chi connectivity index (χ1) is 9.15. The van der Waals surface area contributed by atoms with E-state index in [4.69, 9.17) is 4.74 Å². The molecule has 0 aromatic heterocycles. The van der Waals surface area contributed by atoms with Crippen molar-refractivity contribution >= 4 is 21.6 Å². The van der Waals surface area contributed by atoms with Gasteiger partial charge in [-0.25, -0.2) is 0 Å². The van der Waals surface area contributed by atoms with Crippen LogP contribution in [0, 0.1) is 0 Å². The van der Waals surface area contributed by atoms with Gasteiger partial charge in [0.15, 0.2) is 0 Å². The van der Waals surface area contributed by atoms with Gasteiger partial charge in [-0.15, -0.1) is 0 Å². The number of ether oxygens (including phenoxy) is 1. The third kappa shape index (κ3) is 3.42. The quantitative estimate of drug-likeness (QED) is 0.917. The molecule has 1 aromatic carbocycles. The van der Waals surface area contributed by atoms with Gasteiger partial charge < -0.3 is 15.0 Å². The molecule has 4 heteroatoms. The molecule has 2 rings (SSSR count). The van der Waals surface area contributed by atoms with Crippen LogP contribution in [0.1, 0.15) is 26.7 Å². The molecule has 1 saturated heterocycles. The number of rotatable bonds is 4. The average molecular weight is 327 g/mol. The van der Waals surface area contributed by atoms with E-state index in [2.05, 4.69) is 46.1 Å². The van der Waals surface area contributed by atoms with Crippen LogP contribution >= 0.6 is 15.9 Å². The summed E-state index contributed by atoms with van der Waals surface area (Å²) in [4.78, 5) is 2.46. The van der Waals surface area contributed by atoms with E-state index >= 15 is 0 Å². The molecular formula is C15H23BrN2O. The molecule has 0 bridgehead atoms. The van der Waals surface area contributed by atoms with Crippen molar-refractivity contribution in [1.29, 1.82) is 0 Å². The molecule has 0 spiro atoms. The van der Waals surface area contributed by atoms with Crippen molar-refractivity contribution in [3.8, 4) is 5.75 Å². The molecule has 2 unspecified atom stereocenters. The van der Waals surface area contributed by atoms with E-state index in [0.29, 0.717) is 12.1 Å². The molecule has 1 aliphatic rings. The number of hydrogen-bond acceptors (Lipinski definition) is 3. The smallest absolute Gasteiger partial charge is 0.142 e. The Labute approximate surface area is 124 Å². The molecule has 1 N–H and O–H groups in total. The largest absolute Gasteiger partial charge is 0.495 e. The Kier molecular flexibility index (Phi) is 5.11. The maximum Gasteiger partial charge on any atom is 0.142 e. The lowest BCUT2D eigenvalue weighted by atomic mass is 10.0. The van der Waals surface area contributed by atoms with Gasteiger partial charge in [0.25, 0.3) is 0 Å². The molecule has 19 heavy (non-hydrogen) atoms. The van der Waals surface area contributed by atoms with E-state index in [1.54, 1.807) is 7.11 Å². The van der Waals surface area contributed by atoms with Gasteiger partial charge in [-0.05, 0) is 31.5 Å². The summed E-state index contributed by atoms with van der Waals surface area (Å²) in [6, 6.07) is 7.27. The van der Waals surface area contributed by atoms with Crippen LogP contribution in [0.4, 0.5) is 5.69 Å². The molecule has 0 radical (unpaired) electrons. The van der Waals surface area contributed by atoms with Gasteiger partial charge in [0.2, 0.25) is 0 Å². The number of halogens is 1. The molecule has 0 aliphatic carbocycles. The molecule has 1 aromatic rings. The van der Waals surface area contributed by atoms with Gasteiger partial charge in [-0.3, -0.25) is 0 Å². The number of nitrogens with zero attached hydrogens (tertiary/aromatic N) is 1. The third-order valence-electron chi connectivity index (χ3n) is 3.74. The monoisotopic (exact) mass is 326 g/mol. The van der Waals surface area contributed by atoms with Crippen LogP contribution in [0.3, 0.4) is 0 Å². The summed E-state index contributed by atoms with van der Waals surface area (Å²) in [5, 5.41) is 3.63. The summed E-state index contributed by atoms with van der Waals surface area (Å²) < 4.78 is 6.61. The SMILES string of the molecule is CCCC1CN(c2cc(Br)ccc2OC)C(C)CN1. The Morgan fingerprint density at radius 1 is 1.47 bits per heavy atom. The topological polar surface area (TPSA) is 24.5 Å². The predicted octanol–water partition coefficient (Wildman–Crippen LogP) is 3.42. The maximum absolute atomic E-state index is 5.51. The van der Waals surface area contributed by atoms with Gasteiger partial charge >= 0.3 is 0 Å². The number of anilines is 1. The van der Waals surface area contributed by atoms with Crippen LogP contribution in [0.5, 0.6) is 5.75 Å². The number of nitrogens with one attached hydrogen (secondary N) is 1. The Morgan fingerprint density at radius 3 is 2.95 bits per heavy atom. The van der Waals surface area contributed by atoms with Crippen molar-refractivity contribution in [2.24, 2.45) is 0 Å². The van der Waals surface area contributed by atoms with E-state index in [1.807, 2.05) is 12.1 Å². The van der Waals surface area contributed by atoms with Crippen molar-refractivity contribution < 1.29 is 4.74 Å². The van der Waals surface area contributed by atoms with Crippen molar-refractivity contribution in [1.82, 2.24) is 5.32 Å². The predicted molar refractivity (Wildman–Crippen MR) is 84.2 cm³/mol. The van der Waals surface area contributed by atoms with E-state index in [9.17, 15) is 0 Å². The zero-order chi connectivity index (χ0) is 13.8. The molecule has 1 aliphatic heterocycles. The summed E-state index contributed by atoms with van der Waals surface area (Å²) in [5.74, 6) is 0.951. The minimum atomic E-state index is 0.483. The first kappa shape index (κ1) is 14.7. The molecule has 3 nitrogen and oxygen atoms in total. The molecule has 0 amide bonds. The van der Waals surface area contributed by atoms with Crippen LogP contribution in [0.25, 0.3) is 0 Å². The Balaban J connectivity index is 2.25. The van der Waals surface area contributed by atoms with E-state index in [1.165, 1.54) is 18.5 Å². The second kappa shape index (κ2) is 6.62. The highest BCUT2D eigenvalue weighted by Gasteiger charge is 2.26. The van der Waals surface area contributed by atoms with Crippen molar-refractivity contribution in [3.05, 3.63) is 22.7 Å². The van der Waals surface area contributed by atoms with Crippen LogP contribution in [-0.2, 0) is 0 Å². The highest BCUT2D eigenvalue weighted by Crippen LogP contribution is 2.33. The Bertz CT molecular complexity index is 425. The van der Waals surface area contributed by atoms with Crippen LogP contribution in [0.15, 0.2) is 22.7 Å². The van der Waals surface area contributed by atoms with Crippen LogP contribution in [0.2, 0.25) is 0 Å².